The van der Waals surface area contributed by atoms with E-state index in [1.165, 1.54) is 6.33 Å². The summed E-state index contributed by atoms with van der Waals surface area (Å²) in [5, 5.41) is 3.16. The molecule has 2 atom stereocenters. The molecule has 2 unspecified atom stereocenters. The van der Waals surface area contributed by atoms with Gasteiger partial charge in [-0.2, -0.15) is 0 Å². The van der Waals surface area contributed by atoms with Crippen molar-refractivity contribution in [3.63, 3.8) is 0 Å². The molecule has 1 aromatic rings. The van der Waals surface area contributed by atoms with Crippen molar-refractivity contribution in [3.05, 3.63) is 18.1 Å². The van der Waals surface area contributed by atoms with Crippen molar-refractivity contribution in [1.82, 2.24) is 9.97 Å². The SMILES string of the molecule is Cc1cc(NCC2CCC(C(N)=O)O2)ncn1. The lowest BCUT2D eigenvalue weighted by Crippen LogP contribution is -2.30. The van der Waals surface area contributed by atoms with Crippen molar-refractivity contribution in [2.45, 2.75) is 32.0 Å². The van der Waals surface area contributed by atoms with E-state index in [0.29, 0.717) is 13.0 Å². The van der Waals surface area contributed by atoms with Gasteiger partial charge in [-0.05, 0) is 19.8 Å². The van der Waals surface area contributed by atoms with Crippen LogP contribution in [0.15, 0.2) is 12.4 Å². The van der Waals surface area contributed by atoms with E-state index >= 15 is 0 Å². The Bertz CT molecular complexity index is 410. The summed E-state index contributed by atoms with van der Waals surface area (Å²) in [5.41, 5.74) is 6.09. The quantitative estimate of drug-likeness (QED) is 0.781. The van der Waals surface area contributed by atoms with E-state index in [0.717, 1.165) is 17.9 Å². The fourth-order valence-electron chi connectivity index (χ4n) is 1.83. The maximum Gasteiger partial charge on any atom is 0.246 e. The van der Waals surface area contributed by atoms with Gasteiger partial charge in [-0.25, -0.2) is 9.97 Å². The molecule has 0 bridgehead atoms. The van der Waals surface area contributed by atoms with Crippen molar-refractivity contribution in [1.29, 1.82) is 0 Å². The van der Waals surface area contributed by atoms with Crippen LogP contribution in [0.1, 0.15) is 18.5 Å². The van der Waals surface area contributed by atoms with Crippen molar-refractivity contribution in [2.75, 3.05) is 11.9 Å². The topological polar surface area (TPSA) is 90.1 Å². The Kier molecular flexibility index (Phi) is 3.53. The zero-order valence-corrected chi connectivity index (χ0v) is 9.72. The van der Waals surface area contributed by atoms with E-state index in [1.54, 1.807) is 0 Å². The number of aromatic nitrogens is 2. The highest BCUT2D eigenvalue weighted by Crippen LogP contribution is 2.19. The lowest BCUT2D eigenvalue weighted by Gasteiger charge is -2.12. The van der Waals surface area contributed by atoms with E-state index in [9.17, 15) is 4.79 Å². The van der Waals surface area contributed by atoms with E-state index in [4.69, 9.17) is 10.5 Å². The van der Waals surface area contributed by atoms with Crippen LogP contribution in [0.25, 0.3) is 0 Å². The number of amides is 1. The largest absolute Gasteiger partial charge is 0.367 e. The fourth-order valence-corrected chi connectivity index (χ4v) is 1.83. The molecule has 17 heavy (non-hydrogen) atoms. The number of carbonyl (C=O) groups is 1. The summed E-state index contributed by atoms with van der Waals surface area (Å²) in [6.07, 6.45) is 2.63. The van der Waals surface area contributed by atoms with Gasteiger partial charge < -0.3 is 15.8 Å². The van der Waals surface area contributed by atoms with E-state index in [2.05, 4.69) is 15.3 Å². The lowest BCUT2D eigenvalue weighted by atomic mass is 10.2. The van der Waals surface area contributed by atoms with Gasteiger partial charge in [-0.1, -0.05) is 0 Å². The molecular formula is C11H16N4O2. The Morgan fingerprint density at radius 2 is 2.41 bits per heavy atom. The average molecular weight is 236 g/mol. The highest BCUT2D eigenvalue weighted by molar-refractivity contribution is 5.79. The maximum atomic E-state index is 10.9. The monoisotopic (exact) mass is 236 g/mol. The first kappa shape index (κ1) is 11.8. The third-order valence-electron chi connectivity index (χ3n) is 2.74. The third kappa shape index (κ3) is 3.13. The van der Waals surface area contributed by atoms with E-state index in [1.807, 2.05) is 13.0 Å². The van der Waals surface area contributed by atoms with Crippen LogP contribution in [0.5, 0.6) is 0 Å². The predicted octanol–water partition coefficient (Wildman–Crippen LogP) is 0.230. The minimum atomic E-state index is -0.436. The molecule has 0 aromatic carbocycles. The van der Waals surface area contributed by atoms with Gasteiger partial charge in [0.15, 0.2) is 0 Å². The summed E-state index contributed by atoms with van der Waals surface area (Å²) in [6, 6.07) is 1.86. The molecule has 0 spiro atoms. The molecule has 1 aromatic heterocycles. The first-order valence-electron chi connectivity index (χ1n) is 5.62. The summed E-state index contributed by atoms with van der Waals surface area (Å²) in [4.78, 5) is 19.0. The number of nitrogens with zero attached hydrogens (tertiary/aromatic N) is 2. The first-order chi connectivity index (χ1) is 8.15. The Hall–Kier alpha value is -1.69. The highest BCUT2D eigenvalue weighted by atomic mass is 16.5. The van der Waals surface area contributed by atoms with Gasteiger partial charge in [-0.3, -0.25) is 4.79 Å². The van der Waals surface area contributed by atoms with Crippen molar-refractivity contribution in [2.24, 2.45) is 5.73 Å². The van der Waals surface area contributed by atoms with Crippen molar-refractivity contribution < 1.29 is 9.53 Å². The molecule has 1 aliphatic rings. The van der Waals surface area contributed by atoms with Gasteiger partial charge in [0.25, 0.3) is 0 Å². The Balaban J connectivity index is 1.82. The molecule has 2 heterocycles. The maximum absolute atomic E-state index is 10.9. The summed E-state index contributed by atoms with van der Waals surface area (Å²) in [7, 11) is 0. The molecule has 3 N–H and O–H groups in total. The van der Waals surface area contributed by atoms with E-state index < -0.39 is 6.10 Å². The Labute approximate surface area is 99.6 Å². The van der Waals surface area contributed by atoms with Crippen LogP contribution in [0, 0.1) is 6.92 Å². The third-order valence-corrected chi connectivity index (χ3v) is 2.74. The number of hydrogen-bond acceptors (Lipinski definition) is 5. The second-order valence-corrected chi connectivity index (χ2v) is 4.15. The molecule has 2 rings (SSSR count). The summed E-state index contributed by atoms with van der Waals surface area (Å²) in [5.74, 6) is 0.383. The van der Waals surface area contributed by atoms with Crippen LogP contribution in [0.2, 0.25) is 0 Å². The number of aryl methyl sites for hydroxylation is 1. The van der Waals surface area contributed by atoms with Gasteiger partial charge in [0.05, 0.1) is 6.10 Å². The average Bonchev–Trinajstić information content (AvgIpc) is 2.75. The Morgan fingerprint density at radius 3 is 3.06 bits per heavy atom. The smallest absolute Gasteiger partial charge is 0.246 e. The summed E-state index contributed by atoms with van der Waals surface area (Å²) >= 11 is 0. The van der Waals surface area contributed by atoms with Crippen LogP contribution in [0.3, 0.4) is 0 Å². The van der Waals surface area contributed by atoms with Crippen LogP contribution < -0.4 is 11.1 Å². The predicted molar refractivity (Wildman–Crippen MR) is 62.3 cm³/mol. The number of primary amides is 1. The second-order valence-electron chi connectivity index (χ2n) is 4.15. The lowest BCUT2D eigenvalue weighted by molar-refractivity contribution is -0.128. The minimum absolute atomic E-state index is 0.0165. The number of anilines is 1. The molecule has 1 fully saturated rings. The molecule has 0 radical (unpaired) electrons. The molecular weight excluding hydrogens is 220 g/mol. The number of nitrogens with one attached hydrogen (secondary N) is 1. The number of rotatable bonds is 4. The molecule has 6 heteroatoms. The number of hydrogen-bond donors (Lipinski definition) is 2. The number of ether oxygens (including phenoxy) is 1. The second kappa shape index (κ2) is 5.09. The van der Waals surface area contributed by atoms with Crippen LogP contribution >= 0.6 is 0 Å². The summed E-state index contributed by atoms with van der Waals surface area (Å²) < 4.78 is 5.49. The summed E-state index contributed by atoms with van der Waals surface area (Å²) in [6.45, 7) is 2.53. The van der Waals surface area contributed by atoms with Crippen LogP contribution in [0.4, 0.5) is 5.82 Å². The molecule has 92 valence electrons. The van der Waals surface area contributed by atoms with Crippen LogP contribution in [-0.2, 0) is 9.53 Å². The number of nitrogens with two attached hydrogens (primary N) is 1. The van der Waals surface area contributed by atoms with Gasteiger partial charge >= 0.3 is 0 Å². The molecule has 1 aliphatic heterocycles. The molecule has 1 saturated heterocycles. The van der Waals surface area contributed by atoms with Gasteiger partial charge in [0.1, 0.15) is 18.2 Å². The standard InChI is InChI=1S/C11H16N4O2/c1-7-4-10(15-6-14-7)13-5-8-2-3-9(17-8)11(12)16/h4,6,8-9H,2-3,5H2,1H3,(H2,12,16)(H,13,14,15). The zero-order chi connectivity index (χ0) is 12.3. The van der Waals surface area contributed by atoms with E-state index in [-0.39, 0.29) is 12.0 Å². The number of carbonyl (C=O) groups excluding carboxylic acids is 1. The van der Waals surface area contributed by atoms with Crippen molar-refractivity contribution >= 4 is 11.7 Å². The van der Waals surface area contributed by atoms with Gasteiger partial charge in [0.2, 0.25) is 5.91 Å². The van der Waals surface area contributed by atoms with Crippen molar-refractivity contribution in [3.8, 4) is 0 Å². The zero-order valence-electron chi connectivity index (χ0n) is 9.72. The molecule has 1 amide bonds. The first-order valence-corrected chi connectivity index (χ1v) is 5.62. The van der Waals surface area contributed by atoms with Gasteiger partial charge in [0, 0.05) is 18.3 Å². The minimum Gasteiger partial charge on any atom is -0.367 e. The molecule has 0 aliphatic carbocycles. The molecule has 0 saturated carbocycles. The fraction of sp³-hybridized carbons (Fsp3) is 0.545. The van der Waals surface area contributed by atoms with Gasteiger partial charge in [-0.15, -0.1) is 0 Å². The van der Waals surface area contributed by atoms with Crippen LogP contribution in [-0.4, -0.2) is 34.6 Å². The normalized spacial score (nSPS) is 23.6. The highest BCUT2D eigenvalue weighted by Gasteiger charge is 2.28. The molecule has 6 nitrogen and oxygen atoms in total. The Morgan fingerprint density at radius 1 is 1.59 bits per heavy atom.